The number of hydrogen-bond donors (Lipinski definition) is 1. The van der Waals surface area contributed by atoms with Crippen molar-refractivity contribution in [3.63, 3.8) is 0 Å². The van der Waals surface area contributed by atoms with Gasteiger partial charge in [0.15, 0.2) is 0 Å². The molecule has 1 aliphatic heterocycles. The second-order valence-electron chi connectivity index (χ2n) is 4.63. The lowest BCUT2D eigenvalue weighted by Crippen LogP contribution is -2.41. The van der Waals surface area contributed by atoms with Crippen LogP contribution >= 0.6 is 15.9 Å². The summed E-state index contributed by atoms with van der Waals surface area (Å²) >= 11 is 3.63. The normalized spacial score (nSPS) is 22.6. The first-order valence-electron chi connectivity index (χ1n) is 5.99. The summed E-state index contributed by atoms with van der Waals surface area (Å²) in [7, 11) is 0. The van der Waals surface area contributed by atoms with Crippen molar-refractivity contribution in [3.8, 4) is 0 Å². The summed E-state index contributed by atoms with van der Waals surface area (Å²) < 4.78 is 6.67. The molecule has 1 aliphatic rings. The number of morpholine rings is 1. The minimum Gasteiger partial charge on any atom is -0.375 e. The summed E-state index contributed by atoms with van der Waals surface area (Å²) in [5.41, 5.74) is 8.26. The fourth-order valence-electron chi connectivity index (χ4n) is 2.10. The summed E-state index contributed by atoms with van der Waals surface area (Å²) in [6, 6.07) is 6.43. The van der Waals surface area contributed by atoms with E-state index >= 15 is 0 Å². The van der Waals surface area contributed by atoms with Crippen molar-refractivity contribution in [2.75, 3.05) is 24.6 Å². The van der Waals surface area contributed by atoms with Crippen LogP contribution in [0.2, 0.25) is 0 Å². The molecule has 2 atom stereocenters. The van der Waals surface area contributed by atoms with Crippen molar-refractivity contribution >= 4 is 21.6 Å². The van der Waals surface area contributed by atoms with Gasteiger partial charge in [-0.3, -0.25) is 0 Å². The maximum atomic E-state index is 5.88. The molecule has 1 aromatic carbocycles. The van der Waals surface area contributed by atoms with Crippen LogP contribution in [-0.2, 0) is 4.74 Å². The van der Waals surface area contributed by atoms with E-state index in [9.17, 15) is 0 Å². The Balaban J connectivity index is 2.21. The molecule has 2 rings (SSSR count). The van der Waals surface area contributed by atoms with E-state index in [1.807, 2.05) is 6.92 Å². The Morgan fingerprint density at radius 1 is 1.53 bits per heavy atom. The number of hydrogen-bond acceptors (Lipinski definition) is 3. The van der Waals surface area contributed by atoms with Gasteiger partial charge in [0.05, 0.1) is 18.4 Å². The minimum atomic E-state index is 0.0731. The van der Waals surface area contributed by atoms with Crippen LogP contribution in [0.15, 0.2) is 22.7 Å². The first kappa shape index (κ1) is 12.9. The second kappa shape index (κ2) is 5.38. The summed E-state index contributed by atoms with van der Waals surface area (Å²) in [5.74, 6) is 0. The molecule has 1 aromatic rings. The molecule has 0 saturated carbocycles. The molecule has 1 fully saturated rings. The monoisotopic (exact) mass is 298 g/mol. The molecule has 2 N–H and O–H groups in total. The van der Waals surface area contributed by atoms with Crippen LogP contribution in [0, 0.1) is 0 Å². The van der Waals surface area contributed by atoms with Crippen molar-refractivity contribution in [2.24, 2.45) is 5.73 Å². The molecular formula is C13H19BrN2O. The third kappa shape index (κ3) is 3.00. The van der Waals surface area contributed by atoms with Gasteiger partial charge in [0.1, 0.15) is 0 Å². The summed E-state index contributed by atoms with van der Waals surface area (Å²) in [6.07, 6.45) is 0.295. The Kier molecular flexibility index (Phi) is 4.07. The Labute approximate surface area is 111 Å². The number of benzene rings is 1. The zero-order valence-electron chi connectivity index (χ0n) is 10.3. The van der Waals surface area contributed by atoms with Gasteiger partial charge in [-0.05, 0) is 47.5 Å². The standard InChI is InChI=1S/C13H19BrN2O/c1-9-8-16(5-6-17-9)13-4-3-11(10(2)15)7-12(13)14/h3-4,7,9-10H,5-6,8,15H2,1-2H3/t9?,10-/m0/s1. The molecule has 0 amide bonds. The molecule has 0 aliphatic carbocycles. The van der Waals surface area contributed by atoms with Crippen molar-refractivity contribution in [1.82, 2.24) is 0 Å². The number of nitrogens with zero attached hydrogens (tertiary/aromatic N) is 1. The molecular weight excluding hydrogens is 280 g/mol. The molecule has 0 aromatic heterocycles. The van der Waals surface area contributed by atoms with Crippen LogP contribution in [0.3, 0.4) is 0 Å². The first-order chi connectivity index (χ1) is 8.08. The maximum absolute atomic E-state index is 5.88. The third-order valence-electron chi connectivity index (χ3n) is 3.08. The Morgan fingerprint density at radius 3 is 2.88 bits per heavy atom. The topological polar surface area (TPSA) is 38.5 Å². The van der Waals surface area contributed by atoms with E-state index in [2.05, 4.69) is 46.0 Å². The van der Waals surface area contributed by atoms with Crippen molar-refractivity contribution in [1.29, 1.82) is 0 Å². The van der Waals surface area contributed by atoms with Gasteiger partial charge < -0.3 is 15.4 Å². The van der Waals surface area contributed by atoms with Gasteiger partial charge in [-0.15, -0.1) is 0 Å². The van der Waals surface area contributed by atoms with Gasteiger partial charge in [0, 0.05) is 23.6 Å². The summed E-state index contributed by atoms with van der Waals surface area (Å²) in [4.78, 5) is 2.35. The Morgan fingerprint density at radius 2 is 2.29 bits per heavy atom. The molecule has 3 nitrogen and oxygen atoms in total. The highest BCUT2D eigenvalue weighted by molar-refractivity contribution is 9.10. The molecule has 94 valence electrons. The molecule has 4 heteroatoms. The second-order valence-corrected chi connectivity index (χ2v) is 5.48. The zero-order valence-corrected chi connectivity index (χ0v) is 11.9. The molecule has 0 bridgehead atoms. The van der Waals surface area contributed by atoms with Crippen molar-refractivity contribution < 1.29 is 4.74 Å². The van der Waals surface area contributed by atoms with Gasteiger partial charge in [-0.1, -0.05) is 6.07 Å². The lowest BCUT2D eigenvalue weighted by molar-refractivity contribution is 0.0532. The summed E-state index contributed by atoms with van der Waals surface area (Å²) in [5, 5.41) is 0. The molecule has 1 unspecified atom stereocenters. The van der Waals surface area contributed by atoms with Gasteiger partial charge in [0.2, 0.25) is 0 Å². The van der Waals surface area contributed by atoms with E-state index < -0.39 is 0 Å². The van der Waals surface area contributed by atoms with Crippen LogP contribution in [0.1, 0.15) is 25.5 Å². The summed E-state index contributed by atoms with van der Waals surface area (Å²) in [6.45, 7) is 6.79. The van der Waals surface area contributed by atoms with Crippen LogP contribution in [0.4, 0.5) is 5.69 Å². The maximum Gasteiger partial charge on any atom is 0.0722 e. The highest BCUT2D eigenvalue weighted by Gasteiger charge is 2.19. The minimum absolute atomic E-state index is 0.0731. The fraction of sp³-hybridized carbons (Fsp3) is 0.538. The van der Waals surface area contributed by atoms with Crippen LogP contribution in [0.5, 0.6) is 0 Å². The Hall–Kier alpha value is -0.580. The molecule has 1 saturated heterocycles. The zero-order chi connectivity index (χ0) is 12.4. The molecule has 17 heavy (non-hydrogen) atoms. The average molecular weight is 299 g/mol. The predicted molar refractivity (Wildman–Crippen MR) is 74.4 cm³/mol. The number of anilines is 1. The Bertz CT molecular complexity index is 395. The van der Waals surface area contributed by atoms with Gasteiger partial charge in [-0.2, -0.15) is 0 Å². The quantitative estimate of drug-likeness (QED) is 0.912. The average Bonchev–Trinajstić information content (AvgIpc) is 2.28. The van der Waals surface area contributed by atoms with Crippen LogP contribution < -0.4 is 10.6 Å². The van der Waals surface area contributed by atoms with E-state index in [1.165, 1.54) is 5.69 Å². The fourth-order valence-corrected chi connectivity index (χ4v) is 2.75. The van der Waals surface area contributed by atoms with Gasteiger partial charge in [0.25, 0.3) is 0 Å². The lowest BCUT2D eigenvalue weighted by Gasteiger charge is -2.33. The predicted octanol–water partition coefficient (Wildman–Crippen LogP) is 2.69. The third-order valence-corrected chi connectivity index (χ3v) is 3.71. The lowest BCUT2D eigenvalue weighted by atomic mass is 10.1. The van der Waals surface area contributed by atoms with Crippen LogP contribution in [0.25, 0.3) is 0 Å². The number of rotatable bonds is 2. The number of nitrogens with two attached hydrogens (primary N) is 1. The van der Waals surface area contributed by atoms with E-state index in [4.69, 9.17) is 10.5 Å². The van der Waals surface area contributed by atoms with E-state index in [0.717, 1.165) is 29.7 Å². The smallest absolute Gasteiger partial charge is 0.0722 e. The van der Waals surface area contributed by atoms with Gasteiger partial charge in [-0.25, -0.2) is 0 Å². The number of ether oxygens (including phenoxy) is 1. The van der Waals surface area contributed by atoms with Gasteiger partial charge >= 0.3 is 0 Å². The molecule has 0 radical (unpaired) electrons. The molecule has 1 heterocycles. The van der Waals surface area contributed by atoms with Crippen LogP contribution in [-0.4, -0.2) is 25.8 Å². The van der Waals surface area contributed by atoms with Crippen molar-refractivity contribution in [3.05, 3.63) is 28.2 Å². The largest absolute Gasteiger partial charge is 0.375 e. The van der Waals surface area contributed by atoms with E-state index in [0.29, 0.717) is 6.10 Å². The number of halogens is 1. The highest BCUT2D eigenvalue weighted by Crippen LogP contribution is 2.30. The first-order valence-corrected chi connectivity index (χ1v) is 6.79. The van der Waals surface area contributed by atoms with Crippen molar-refractivity contribution in [2.45, 2.75) is 26.0 Å². The van der Waals surface area contributed by atoms with E-state index in [1.54, 1.807) is 0 Å². The molecule has 0 spiro atoms. The SMILES string of the molecule is CC1CN(c2ccc([C@H](C)N)cc2Br)CCO1. The highest BCUT2D eigenvalue weighted by atomic mass is 79.9. The van der Waals surface area contributed by atoms with E-state index in [-0.39, 0.29) is 6.04 Å².